The molecule has 0 aliphatic heterocycles. The number of aromatic nitrogens is 3. The Morgan fingerprint density at radius 2 is 0.490 bits per heavy atom. The second-order valence-corrected chi connectivity index (χ2v) is 32.8. The van der Waals surface area contributed by atoms with Crippen LogP contribution in [0, 0.1) is 35.5 Å². The smallest absolute Gasteiger partial charge is 0.174 e. The fraction of sp³-hybridized carbons (Fsp3) is 0.406. The summed E-state index contributed by atoms with van der Waals surface area (Å²) in [6, 6.07) is 61.8. The monoisotopic (exact) mass is 1400 g/mol. The Balaban J connectivity index is 0.830. The largest absolute Gasteiger partial charge is 0.206 e. The molecular weight excluding hydrogens is 1290 g/mol. The zero-order chi connectivity index (χ0) is 70.1. The van der Waals surface area contributed by atoms with E-state index in [0.717, 1.165) is 46.0 Å². The number of nitrogens with zero attached hydrogens (tertiary/aromatic N) is 3. The van der Waals surface area contributed by atoms with Gasteiger partial charge in [0.25, 0.3) is 0 Å². The quantitative estimate of drug-likeness (QED) is 0.0304. The fourth-order valence-electron chi connectivity index (χ4n) is 17.4. The van der Waals surface area contributed by atoms with Crippen LogP contribution in [0.3, 0.4) is 0 Å². The lowest BCUT2D eigenvalue weighted by molar-refractivity contribution is 0.401. The molecule has 0 saturated carbocycles. The van der Waals surface area contributed by atoms with Gasteiger partial charge in [-0.05, 0) is 178 Å². The number of rotatable bonds is 33. The molecule has 0 unspecified atom stereocenters. The van der Waals surface area contributed by atoms with Gasteiger partial charge in [0.1, 0.15) is 0 Å². The molecule has 0 fully saturated rings. The first-order valence-corrected chi connectivity index (χ1v) is 42.1. The number of hydrogen-bond donors (Lipinski definition) is 0. The predicted octanol–water partition coefficient (Wildman–Crippen LogP) is 27.9. The SMILES string of the molecule is CCCCCCC1(CCCCCC)c2ccccc2-c2ccc(C#Cc3ccc(-c4nc(-c5ccc(C#Cc6ccc7c(c6)C(CCCCCC)(CCCCCC)c6ccccc6-7)s5)nc(-c5ccc(C#Cc6ccc7c(c6)C(CCCCCC)(CCCCCC)c6ccccc6-7)s5)n4)s3)cc21. The van der Waals surface area contributed by atoms with Crippen molar-refractivity contribution in [1.82, 2.24) is 15.0 Å². The van der Waals surface area contributed by atoms with Crippen molar-refractivity contribution in [3.05, 3.63) is 228 Å². The van der Waals surface area contributed by atoms with Gasteiger partial charge in [-0.2, -0.15) is 0 Å². The van der Waals surface area contributed by atoms with Crippen molar-refractivity contribution in [1.29, 1.82) is 0 Å². The zero-order valence-corrected chi connectivity index (χ0v) is 64.3. The van der Waals surface area contributed by atoms with Crippen molar-refractivity contribution in [2.45, 2.75) is 250 Å². The lowest BCUT2D eigenvalue weighted by atomic mass is 9.70. The Hall–Kier alpha value is -7.89. The molecule has 0 amide bonds. The lowest BCUT2D eigenvalue weighted by Crippen LogP contribution is -2.25. The van der Waals surface area contributed by atoms with Crippen LogP contribution in [0.4, 0.5) is 0 Å². The molecule has 6 heteroatoms. The van der Waals surface area contributed by atoms with Gasteiger partial charge in [-0.25, -0.2) is 15.0 Å². The van der Waals surface area contributed by atoms with Gasteiger partial charge in [0.05, 0.1) is 29.3 Å². The molecule has 0 radical (unpaired) electrons. The standard InChI is InChI=1S/C96H105N3S3/c1-7-13-19-31-61-94(62-32-20-14-8-2)82-40-28-25-37-76(82)79-55-46-70(67-85(79)94)43-49-73-52-58-88(100-73)91-97-92(89-59-53-74(101-89)50-44-71-47-56-80-77-38-26-29-41-83(77)95(86(80)68-71,63-33-21-15-9-3)64-34-22-16-10-4)99-93(98-91)90-60-54-75(102-90)51-45-72-48-57-81-78-39-27-30-42-84(78)96(87(81)69-72,65-35-23-17-11-5)66-36-24-18-12-6/h25-30,37-42,46-48,52-60,67-69H,7-24,31-36,61-66H2,1-6H3. The molecule has 4 aromatic heterocycles. The van der Waals surface area contributed by atoms with Crippen LogP contribution in [0.5, 0.6) is 0 Å². The summed E-state index contributed by atoms with van der Waals surface area (Å²) in [6.45, 7) is 13.9. The number of benzene rings is 6. The zero-order valence-electron chi connectivity index (χ0n) is 61.9. The summed E-state index contributed by atoms with van der Waals surface area (Å²) in [5, 5.41) is 0. The Morgan fingerprint density at radius 1 is 0.245 bits per heavy atom. The average Bonchev–Trinajstić information content (AvgIpc) is 1.58. The molecule has 13 rings (SSSR count). The summed E-state index contributed by atoms with van der Waals surface area (Å²) in [6.07, 6.45) is 37.4. The highest BCUT2D eigenvalue weighted by molar-refractivity contribution is 7.16. The third kappa shape index (κ3) is 15.8. The molecule has 0 N–H and O–H groups in total. The molecule has 102 heavy (non-hydrogen) atoms. The molecule has 3 aliphatic carbocycles. The average molecular weight is 1400 g/mol. The highest BCUT2D eigenvalue weighted by atomic mass is 32.1. The van der Waals surface area contributed by atoms with E-state index in [2.05, 4.69) is 241 Å². The molecule has 0 spiro atoms. The van der Waals surface area contributed by atoms with Crippen molar-refractivity contribution in [2.75, 3.05) is 0 Å². The highest BCUT2D eigenvalue weighted by Gasteiger charge is 2.45. The van der Waals surface area contributed by atoms with Gasteiger partial charge in [-0.1, -0.05) is 322 Å². The van der Waals surface area contributed by atoms with Crippen molar-refractivity contribution in [2.24, 2.45) is 0 Å². The maximum Gasteiger partial charge on any atom is 0.174 e. The van der Waals surface area contributed by atoms with Gasteiger partial charge >= 0.3 is 0 Å². The van der Waals surface area contributed by atoms with Gasteiger partial charge in [-0.3, -0.25) is 0 Å². The van der Waals surface area contributed by atoms with Gasteiger partial charge < -0.3 is 0 Å². The van der Waals surface area contributed by atoms with Crippen molar-refractivity contribution in [3.63, 3.8) is 0 Å². The van der Waals surface area contributed by atoms with E-state index in [0.29, 0.717) is 17.5 Å². The minimum absolute atomic E-state index is 0.00860. The van der Waals surface area contributed by atoms with Gasteiger partial charge in [-0.15, -0.1) is 34.0 Å². The van der Waals surface area contributed by atoms with E-state index in [1.165, 1.54) is 259 Å². The Kier molecular flexibility index (Phi) is 24.6. The minimum atomic E-state index is 0.00860. The summed E-state index contributed by atoms with van der Waals surface area (Å²) >= 11 is 4.95. The van der Waals surface area contributed by atoms with E-state index < -0.39 is 0 Å². The predicted molar refractivity (Wildman–Crippen MR) is 438 cm³/mol. The Labute approximate surface area is 624 Å². The van der Waals surface area contributed by atoms with Crippen LogP contribution < -0.4 is 0 Å². The Morgan fingerprint density at radius 3 is 0.745 bits per heavy atom. The van der Waals surface area contributed by atoms with Crippen LogP contribution in [0.2, 0.25) is 0 Å². The van der Waals surface area contributed by atoms with Crippen LogP contribution in [-0.2, 0) is 16.2 Å². The molecule has 3 nitrogen and oxygen atoms in total. The third-order valence-electron chi connectivity index (χ3n) is 22.7. The molecule has 6 aromatic carbocycles. The summed E-state index contributed by atoms with van der Waals surface area (Å²) in [7, 11) is 0. The second-order valence-electron chi connectivity index (χ2n) is 29.6. The first kappa shape index (κ1) is 72.5. The van der Waals surface area contributed by atoms with E-state index in [9.17, 15) is 0 Å². The highest BCUT2D eigenvalue weighted by Crippen LogP contribution is 2.58. The van der Waals surface area contributed by atoms with Gasteiger partial charge in [0.15, 0.2) is 17.5 Å². The van der Waals surface area contributed by atoms with E-state index in [1.807, 2.05) is 0 Å². The third-order valence-corrected chi connectivity index (χ3v) is 25.6. The summed E-state index contributed by atoms with van der Waals surface area (Å²) in [5.41, 5.74) is 20.6. The normalized spacial score (nSPS) is 13.6. The first-order chi connectivity index (χ1) is 50.2. The number of thiophene rings is 3. The van der Waals surface area contributed by atoms with Crippen molar-refractivity contribution in [3.8, 4) is 101 Å². The minimum Gasteiger partial charge on any atom is -0.206 e. The van der Waals surface area contributed by atoms with E-state index in [4.69, 9.17) is 15.0 Å². The number of hydrogen-bond acceptors (Lipinski definition) is 6. The molecule has 0 bridgehead atoms. The van der Waals surface area contributed by atoms with Gasteiger partial charge in [0.2, 0.25) is 0 Å². The van der Waals surface area contributed by atoms with Crippen LogP contribution in [0.1, 0.15) is 299 Å². The second kappa shape index (κ2) is 34.6. The van der Waals surface area contributed by atoms with E-state index in [1.54, 1.807) is 34.0 Å². The van der Waals surface area contributed by atoms with E-state index in [-0.39, 0.29) is 16.2 Å². The number of unbranched alkanes of at least 4 members (excludes halogenated alkanes) is 18. The molecule has 522 valence electrons. The van der Waals surface area contributed by atoms with Crippen molar-refractivity contribution < 1.29 is 0 Å². The number of fused-ring (bicyclic) bond motifs is 9. The first-order valence-electron chi connectivity index (χ1n) is 39.6. The molecule has 4 heterocycles. The summed E-state index contributed by atoms with van der Waals surface area (Å²) in [4.78, 5) is 21.8. The van der Waals surface area contributed by atoms with E-state index >= 15 is 0 Å². The van der Waals surface area contributed by atoms with Crippen molar-refractivity contribution >= 4 is 34.0 Å². The lowest BCUT2D eigenvalue weighted by Gasteiger charge is -2.33. The van der Waals surface area contributed by atoms with Crippen LogP contribution in [0.15, 0.2) is 164 Å². The molecule has 10 aromatic rings. The summed E-state index contributed by atoms with van der Waals surface area (Å²) < 4.78 is 0. The Bertz CT molecular complexity index is 4180. The van der Waals surface area contributed by atoms with Gasteiger partial charge in [0, 0.05) is 32.9 Å². The summed E-state index contributed by atoms with van der Waals surface area (Å²) in [5.74, 6) is 23.8. The molecular formula is C96H105N3S3. The molecule has 0 atom stereocenters. The molecule has 0 saturated heterocycles. The maximum atomic E-state index is 5.33. The maximum absolute atomic E-state index is 5.33. The van der Waals surface area contributed by atoms with Crippen LogP contribution in [-0.4, -0.2) is 15.0 Å². The fourth-order valence-corrected chi connectivity index (χ4v) is 19.8. The topological polar surface area (TPSA) is 38.7 Å². The van der Waals surface area contributed by atoms with Crippen LogP contribution in [0.25, 0.3) is 65.5 Å². The van der Waals surface area contributed by atoms with Crippen LogP contribution >= 0.6 is 34.0 Å². The molecule has 3 aliphatic rings.